The average Bonchev–Trinajstić information content (AvgIpc) is 2.38. The zero-order valence-corrected chi connectivity index (χ0v) is 9.95. The molecule has 1 aromatic carbocycles. The third-order valence-electron chi connectivity index (χ3n) is 2.13. The van der Waals surface area contributed by atoms with Crippen LogP contribution in [0.5, 0.6) is 0 Å². The summed E-state index contributed by atoms with van der Waals surface area (Å²) in [6, 6.07) is 10.2. The lowest BCUT2D eigenvalue weighted by molar-refractivity contribution is 1.04. The lowest BCUT2D eigenvalue weighted by Gasteiger charge is -2.01. The van der Waals surface area contributed by atoms with Gasteiger partial charge in [-0.25, -0.2) is 9.97 Å². The summed E-state index contributed by atoms with van der Waals surface area (Å²) in [6.45, 7) is 0. The van der Waals surface area contributed by atoms with Crippen LogP contribution in [0.2, 0.25) is 0 Å². The summed E-state index contributed by atoms with van der Waals surface area (Å²) in [4.78, 5) is 8.25. The highest BCUT2D eigenvalue weighted by Gasteiger charge is 2.01. The van der Waals surface area contributed by atoms with Gasteiger partial charge in [-0.15, -0.1) is 11.8 Å². The molecule has 0 saturated heterocycles. The van der Waals surface area contributed by atoms with Gasteiger partial charge in [0.1, 0.15) is 16.6 Å². The molecule has 5 heteroatoms. The zero-order valence-electron chi connectivity index (χ0n) is 9.13. The molecule has 0 spiro atoms. The average molecular weight is 244 g/mol. The number of nitrogen functional groups attached to an aromatic ring is 1. The molecule has 2 aromatic rings. The second kappa shape index (κ2) is 5.45. The minimum Gasteiger partial charge on any atom is -0.382 e. The van der Waals surface area contributed by atoms with Crippen molar-refractivity contribution in [2.24, 2.45) is 5.73 Å². The first-order valence-corrected chi connectivity index (χ1v) is 6.07. The van der Waals surface area contributed by atoms with Crippen molar-refractivity contribution < 1.29 is 0 Å². The van der Waals surface area contributed by atoms with Gasteiger partial charge in [-0.3, -0.25) is 5.41 Å². The van der Waals surface area contributed by atoms with Gasteiger partial charge in [-0.1, -0.05) is 30.3 Å². The lowest BCUT2D eigenvalue weighted by atomic mass is 10.2. The van der Waals surface area contributed by atoms with E-state index in [0.717, 1.165) is 10.8 Å². The third-order valence-corrected chi connectivity index (χ3v) is 3.12. The highest BCUT2D eigenvalue weighted by atomic mass is 32.2. The highest BCUT2D eigenvalue weighted by Crippen LogP contribution is 2.19. The van der Waals surface area contributed by atoms with Crippen molar-refractivity contribution >= 4 is 17.6 Å². The summed E-state index contributed by atoms with van der Waals surface area (Å²) in [6.07, 6.45) is 3.17. The van der Waals surface area contributed by atoms with Crippen LogP contribution in [-0.4, -0.2) is 15.8 Å². The molecule has 2 rings (SSSR count). The number of rotatable bonds is 4. The first kappa shape index (κ1) is 11.6. The molecular weight excluding hydrogens is 232 g/mol. The Morgan fingerprint density at radius 1 is 1.18 bits per heavy atom. The molecule has 17 heavy (non-hydrogen) atoms. The molecule has 1 aromatic heterocycles. The number of benzene rings is 1. The Hall–Kier alpha value is -1.88. The molecule has 0 aliphatic heterocycles. The monoisotopic (exact) mass is 244 g/mol. The maximum atomic E-state index is 7.21. The SMILES string of the molecule is N=C(N)c1cnc(SCc2ccccc2)cn1. The van der Waals surface area contributed by atoms with E-state index in [0.29, 0.717) is 5.69 Å². The first-order chi connectivity index (χ1) is 8.25. The minimum atomic E-state index is -0.0582. The molecule has 0 bridgehead atoms. The summed E-state index contributed by atoms with van der Waals surface area (Å²) in [5.74, 6) is 0.798. The van der Waals surface area contributed by atoms with Crippen molar-refractivity contribution in [3.63, 3.8) is 0 Å². The number of thioether (sulfide) groups is 1. The van der Waals surface area contributed by atoms with E-state index in [1.165, 1.54) is 11.8 Å². The Bertz CT molecular complexity index is 496. The van der Waals surface area contributed by atoms with Gasteiger partial charge < -0.3 is 5.73 Å². The lowest BCUT2D eigenvalue weighted by Crippen LogP contribution is -2.13. The Balaban J connectivity index is 1.98. The molecule has 0 amide bonds. The van der Waals surface area contributed by atoms with Crippen LogP contribution in [0, 0.1) is 5.41 Å². The standard InChI is InChI=1S/C12H12N4S/c13-12(14)10-6-16-11(7-15-10)17-8-9-4-2-1-3-5-9/h1-7H,8H2,(H3,13,14). The van der Waals surface area contributed by atoms with Crippen LogP contribution in [0.1, 0.15) is 11.3 Å². The summed E-state index contributed by atoms with van der Waals surface area (Å²) in [5, 5.41) is 8.04. The van der Waals surface area contributed by atoms with Crippen molar-refractivity contribution in [1.82, 2.24) is 9.97 Å². The van der Waals surface area contributed by atoms with E-state index in [1.807, 2.05) is 18.2 Å². The van der Waals surface area contributed by atoms with Gasteiger partial charge in [0.15, 0.2) is 0 Å². The third kappa shape index (κ3) is 3.29. The summed E-state index contributed by atoms with van der Waals surface area (Å²) < 4.78 is 0. The number of amidine groups is 1. The van der Waals surface area contributed by atoms with Crippen LogP contribution in [0.3, 0.4) is 0 Å². The Morgan fingerprint density at radius 3 is 2.53 bits per heavy atom. The fourth-order valence-electron chi connectivity index (χ4n) is 1.26. The van der Waals surface area contributed by atoms with Crippen molar-refractivity contribution in [2.45, 2.75) is 10.8 Å². The number of nitrogens with two attached hydrogens (primary N) is 1. The second-order valence-electron chi connectivity index (χ2n) is 3.43. The number of nitrogens with one attached hydrogen (secondary N) is 1. The molecule has 0 saturated carbocycles. The number of hydrogen-bond donors (Lipinski definition) is 2. The maximum absolute atomic E-state index is 7.21. The molecule has 3 N–H and O–H groups in total. The largest absolute Gasteiger partial charge is 0.382 e. The number of nitrogens with zero attached hydrogens (tertiary/aromatic N) is 2. The summed E-state index contributed by atoms with van der Waals surface area (Å²) in [7, 11) is 0. The molecular formula is C12H12N4S. The number of hydrogen-bond acceptors (Lipinski definition) is 4. The molecule has 0 atom stereocenters. The first-order valence-electron chi connectivity index (χ1n) is 5.09. The fraction of sp³-hybridized carbons (Fsp3) is 0.0833. The molecule has 0 unspecified atom stereocenters. The van der Waals surface area contributed by atoms with E-state index in [4.69, 9.17) is 11.1 Å². The van der Waals surface area contributed by atoms with Gasteiger partial charge >= 0.3 is 0 Å². The molecule has 0 aliphatic carbocycles. The van der Waals surface area contributed by atoms with Crippen molar-refractivity contribution in [3.8, 4) is 0 Å². The minimum absolute atomic E-state index is 0.0582. The smallest absolute Gasteiger partial charge is 0.143 e. The predicted octanol–water partition coefficient (Wildman–Crippen LogP) is 2.05. The number of aromatic nitrogens is 2. The highest BCUT2D eigenvalue weighted by molar-refractivity contribution is 7.98. The van der Waals surface area contributed by atoms with Gasteiger partial charge in [0.05, 0.1) is 12.4 Å². The Labute approximate surface area is 104 Å². The normalized spacial score (nSPS) is 10.1. The van der Waals surface area contributed by atoms with Crippen LogP contribution < -0.4 is 5.73 Å². The summed E-state index contributed by atoms with van der Waals surface area (Å²) >= 11 is 1.61. The van der Waals surface area contributed by atoms with Crippen molar-refractivity contribution in [3.05, 3.63) is 54.0 Å². The van der Waals surface area contributed by atoms with Gasteiger partial charge in [0.25, 0.3) is 0 Å². The molecule has 86 valence electrons. The quantitative estimate of drug-likeness (QED) is 0.490. The van der Waals surface area contributed by atoms with Crippen LogP contribution in [-0.2, 0) is 5.75 Å². The van der Waals surface area contributed by atoms with Gasteiger partial charge in [0.2, 0.25) is 0 Å². The zero-order chi connectivity index (χ0) is 12.1. The summed E-state index contributed by atoms with van der Waals surface area (Å²) in [5.41, 5.74) is 6.96. The van der Waals surface area contributed by atoms with Crippen LogP contribution >= 0.6 is 11.8 Å². The second-order valence-corrected chi connectivity index (χ2v) is 4.42. The van der Waals surface area contributed by atoms with E-state index < -0.39 is 0 Å². The molecule has 4 nitrogen and oxygen atoms in total. The van der Waals surface area contributed by atoms with Crippen LogP contribution in [0.25, 0.3) is 0 Å². The van der Waals surface area contributed by atoms with E-state index in [2.05, 4.69) is 22.1 Å². The molecule has 0 fully saturated rings. The predicted molar refractivity (Wildman–Crippen MR) is 69.1 cm³/mol. The van der Waals surface area contributed by atoms with Crippen molar-refractivity contribution in [1.29, 1.82) is 5.41 Å². The van der Waals surface area contributed by atoms with Crippen molar-refractivity contribution in [2.75, 3.05) is 0 Å². The van der Waals surface area contributed by atoms with E-state index >= 15 is 0 Å². The fourth-order valence-corrected chi connectivity index (χ4v) is 2.02. The molecule has 0 aliphatic rings. The maximum Gasteiger partial charge on any atom is 0.143 e. The molecule has 1 heterocycles. The van der Waals surface area contributed by atoms with Gasteiger partial charge in [-0.2, -0.15) is 0 Å². The van der Waals surface area contributed by atoms with Crippen LogP contribution in [0.15, 0.2) is 47.8 Å². The Kier molecular flexibility index (Phi) is 3.72. The van der Waals surface area contributed by atoms with Gasteiger partial charge in [0, 0.05) is 5.75 Å². The topological polar surface area (TPSA) is 75.7 Å². The van der Waals surface area contributed by atoms with Gasteiger partial charge in [-0.05, 0) is 5.56 Å². The van der Waals surface area contributed by atoms with Crippen LogP contribution in [0.4, 0.5) is 0 Å². The van der Waals surface area contributed by atoms with E-state index in [1.54, 1.807) is 18.0 Å². The van der Waals surface area contributed by atoms with E-state index in [9.17, 15) is 0 Å². The molecule has 0 radical (unpaired) electrons. The van der Waals surface area contributed by atoms with E-state index in [-0.39, 0.29) is 5.84 Å². The Morgan fingerprint density at radius 2 is 1.94 bits per heavy atom.